The van der Waals surface area contributed by atoms with Crippen molar-refractivity contribution in [3.63, 3.8) is 0 Å². The SMILES string of the molecule is CCCCCCCCCCCCC(CCCCCCCCCC)CN1C(=O)C2=C(c3ccc(-c4ccc(-c5cc(CCCc6ccccc6)c(Br)s5)s4)s3)N(CC(CCCCCCCCCC)CCCCCCCCCCCC)C(=O)C2=C1c1ccc(-c2ccc(-c3cc(CCCc4ccccc4)c(Br)s3)s2)s1. The number of thiophene rings is 6. The monoisotopic (exact) mass is 1690 g/mol. The molecule has 6 aromatic heterocycles. The zero-order valence-corrected chi connectivity index (χ0v) is 74.6. The molecule has 4 nitrogen and oxygen atoms in total. The number of aryl methyl sites for hydroxylation is 4. The number of hydrogen-bond acceptors (Lipinski definition) is 8. The molecule has 12 heteroatoms. The Morgan fingerprint density at radius 1 is 0.278 bits per heavy atom. The summed E-state index contributed by atoms with van der Waals surface area (Å²) < 4.78 is 2.45. The number of carbonyl (C=O) groups is 2. The van der Waals surface area contributed by atoms with Crippen LogP contribution in [0, 0.1) is 11.8 Å². The van der Waals surface area contributed by atoms with Gasteiger partial charge in [0.2, 0.25) is 0 Å². The lowest BCUT2D eigenvalue weighted by molar-refractivity contribution is -0.124. The van der Waals surface area contributed by atoms with Crippen LogP contribution in [0.2, 0.25) is 0 Å². The highest BCUT2D eigenvalue weighted by molar-refractivity contribution is 9.11. The highest BCUT2D eigenvalue weighted by atomic mass is 79.9. The first-order valence-electron chi connectivity index (χ1n) is 43.3. The van der Waals surface area contributed by atoms with Crippen LogP contribution in [0.4, 0.5) is 0 Å². The van der Waals surface area contributed by atoms with E-state index in [-0.39, 0.29) is 11.8 Å². The quantitative estimate of drug-likeness (QED) is 0.0357. The number of amides is 2. The maximum Gasteiger partial charge on any atom is 0.261 e. The molecule has 108 heavy (non-hydrogen) atoms. The molecule has 0 saturated carbocycles. The molecule has 0 N–H and O–H groups in total. The fourth-order valence-electron chi connectivity index (χ4n) is 16.5. The van der Waals surface area contributed by atoms with Gasteiger partial charge in [-0.2, -0.15) is 0 Å². The molecule has 8 heterocycles. The van der Waals surface area contributed by atoms with E-state index in [9.17, 15) is 0 Å². The summed E-state index contributed by atoms with van der Waals surface area (Å²) in [5, 5.41) is 0. The first-order chi connectivity index (χ1) is 53.1. The summed E-state index contributed by atoms with van der Waals surface area (Å²) in [5.74, 6) is 0.759. The summed E-state index contributed by atoms with van der Waals surface area (Å²) in [5.41, 5.74) is 8.60. The number of nitrogens with zero attached hydrogens (tertiary/aromatic N) is 2. The van der Waals surface area contributed by atoms with E-state index in [2.05, 4.69) is 191 Å². The predicted molar refractivity (Wildman–Crippen MR) is 486 cm³/mol. The van der Waals surface area contributed by atoms with Crippen LogP contribution in [-0.2, 0) is 35.3 Å². The summed E-state index contributed by atoms with van der Waals surface area (Å²) in [4.78, 5) is 49.8. The Balaban J connectivity index is 0.992. The van der Waals surface area contributed by atoms with E-state index in [1.807, 2.05) is 45.3 Å². The topological polar surface area (TPSA) is 40.6 Å². The first kappa shape index (κ1) is 86.4. The number of fused-ring (bicyclic) bond motifs is 1. The minimum Gasteiger partial charge on any atom is -0.306 e. The van der Waals surface area contributed by atoms with Crippen LogP contribution >= 0.6 is 99.9 Å². The highest BCUT2D eigenvalue weighted by Gasteiger charge is 2.50. The summed E-state index contributed by atoms with van der Waals surface area (Å²) in [6.07, 6.45) is 57.8. The van der Waals surface area contributed by atoms with Crippen molar-refractivity contribution in [2.75, 3.05) is 13.1 Å². The van der Waals surface area contributed by atoms with E-state index in [1.54, 1.807) is 22.7 Å². The van der Waals surface area contributed by atoms with E-state index < -0.39 is 0 Å². The van der Waals surface area contributed by atoms with Crippen molar-refractivity contribution in [3.8, 4) is 39.0 Å². The van der Waals surface area contributed by atoms with Crippen molar-refractivity contribution >= 4 is 123 Å². The van der Waals surface area contributed by atoms with Gasteiger partial charge in [-0.3, -0.25) is 9.59 Å². The third kappa shape index (κ3) is 27.1. The number of benzene rings is 2. The van der Waals surface area contributed by atoms with Crippen molar-refractivity contribution in [1.29, 1.82) is 0 Å². The standard InChI is InChI=1S/C96H130Br2N2O2S6/c1-5-9-13-17-21-25-27-31-35-41-55-75(53-39-33-29-23-19-15-11-7-3)71-99-91(85-67-65-81(105-85)79-61-63-83(103-79)87-69-77(93(97)107-87)59-47-57-73-49-43-37-44-50-73)89-90(95(99)101)92(100(96(89)102)72-76(54-40-34-30-24-20-16-12-8-4)56-42-36-32-28-26-22-18-14-10-6-2)86-68-66-82(106-86)80-62-64-84(104-80)88-70-78(94(98)108-88)60-48-58-74-51-45-38-46-52-74/h37-38,43-46,49-52,61-70,75-76H,5-36,39-42,47-48,53-60,71-72H2,1-4H3. The van der Waals surface area contributed by atoms with Crippen molar-refractivity contribution < 1.29 is 9.59 Å². The number of carbonyl (C=O) groups excluding carboxylic acids is 2. The number of rotatable bonds is 58. The number of hydrogen-bond donors (Lipinski definition) is 0. The average molecular weight is 1700 g/mol. The highest BCUT2D eigenvalue weighted by Crippen LogP contribution is 2.53. The maximum absolute atomic E-state index is 16.7. The number of halogens is 2. The molecule has 2 aromatic carbocycles. The second-order valence-corrected chi connectivity index (χ2v) is 40.7. The maximum atomic E-state index is 16.7. The fraction of sp³-hybridized carbons (Fsp3) is 0.562. The molecule has 586 valence electrons. The van der Waals surface area contributed by atoms with Crippen LogP contribution in [-0.4, -0.2) is 34.7 Å². The van der Waals surface area contributed by atoms with Gasteiger partial charge in [0.1, 0.15) is 0 Å². The molecule has 0 fully saturated rings. The van der Waals surface area contributed by atoms with Crippen molar-refractivity contribution in [1.82, 2.24) is 9.80 Å². The van der Waals surface area contributed by atoms with Crippen LogP contribution in [0.5, 0.6) is 0 Å². The van der Waals surface area contributed by atoms with Gasteiger partial charge in [-0.15, -0.1) is 68.0 Å². The Labute approximate surface area is 695 Å². The summed E-state index contributed by atoms with van der Waals surface area (Å²) in [7, 11) is 0. The minimum atomic E-state index is 0.0385. The van der Waals surface area contributed by atoms with Crippen LogP contribution < -0.4 is 0 Å². The lowest BCUT2D eigenvalue weighted by Gasteiger charge is -2.29. The molecule has 2 atom stereocenters. The molecule has 8 aromatic rings. The number of unbranched alkanes of at least 4 members (excludes halogenated alkanes) is 32. The Hall–Kier alpha value is -3.98. The van der Waals surface area contributed by atoms with Crippen molar-refractivity contribution in [2.45, 2.75) is 323 Å². The molecule has 0 spiro atoms. The normalized spacial score (nSPS) is 13.8. The third-order valence-electron chi connectivity index (χ3n) is 22.8. The molecule has 2 amide bonds. The van der Waals surface area contributed by atoms with E-state index in [0.29, 0.717) is 36.1 Å². The largest absolute Gasteiger partial charge is 0.306 e. The van der Waals surface area contributed by atoms with E-state index in [1.165, 1.54) is 300 Å². The van der Waals surface area contributed by atoms with E-state index in [0.717, 1.165) is 85.4 Å². The minimum absolute atomic E-state index is 0.0385. The van der Waals surface area contributed by atoms with Crippen molar-refractivity contribution in [3.05, 3.63) is 172 Å². The summed E-state index contributed by atoms with van der Waals surface area (Å²) in [6, 6.07) is 44.9. The van der Waals surface area contributed by atoms with E-state index in [4.69, 9.17) is 0 Å². The van der Waals surface area contributed by atoms with Gasteiger partial charge in [-0.25, -0.2) is 0 Å². The second-order valence-electron chi connectivity index (χ2n) is 31.6. The van der Waals surface area contributed by atoms with Gasteiger partial charge < -0.3 is 9.80 Å². The molecule has 0 saturated heterocycles. The van der Waals surface area contributed by atoms with Crippen LogP contribution in [0.1, 0.15) is 329 Å². The molecule has 2 aliphatic heterocycles. The molecular formula is C96H130Br2N2O2S6. The molecule has 2 unspecified atom stereocenters. The lowest BCUT2D eigenvalue weighted by atomic mass is 9.93. The van der Waals surface area contributed by atoms with E-state index >= 15 is 9.59 Å². The van der Waals surface area contributed by atoms with Gasteiger partial charge in [-0.05, 0) is 191 Å². The van der Waals surface area contributed by atoms with Gasteiger partial charge in [0, 0.05) is 52.1 Å². The molecule has 10 rings (SSSR count). The molecule has 0 radical (unpaired) electrons. The fourth-order valence-corrected chi connectivity index (χ4v) is 24.5. The first-order valence-corrected chi connectivity index (χ1v) is 49.8. The molecule has 0 aliphatic carbocycles. The van der Waals surface area contributed by atoms with Gasteiger partial charge in [0.25, 0.3) is 11.8 Å². The van der Waals surface area contributed by atoms with Gasteiger partial charge in [-0.1, -0.05) is 320 Å². The van der Waals surface area contributed by atoms with Gasteiger partial charge in [0.05, 0.1) is 39.9 Å². The summed E-state index contributed by atoms with van der Waals surface area (Å²) >= 11 is 19.0. The smallest absolute Gasteiger partial charge is 0.261 e. The van der Waals surface area contributed by atoms with Gasteiger partial charge >= 0.3 is 0 Å². The second kappa shape index (κ2) is 48.9. The molecule has 2 aliphatic rings. The van der Waals surface area contributed by atoms with Crippen LogP contribution in [0.3, 0.4) is 0 Å². The Kier molecular flexibility index (Phi) is 39.2. The van der Waals surface area contributed by atoms with Crippen LogP contribution in [0.15, 0.2) is 140 Å². The molecule has 0 bridgehead atoms. The van der Waals surface area contributed by atoms with Gasteiger partial charge in [0.15, 0.2) is 0 Å². The predicted octanol–water partition coefficient (Wildman–Crippen LogP) is 33.3. The summed E-state index contributed by atoms with van der Waals surface area (Å²) in [6.45, 7) is 10.5. The third-order valence-corrected chi connectivity index (χ3v) is 31.9. The Morgan fingerprint density at radius 3 is 0.815 bits per heavy atom. The Morgan fingerprint density at radius 2 is 0.528 bits per heavy atom. The van der Waals surface area contributed by atoms with Crippen molar-refractivity contribution in [2.24, 2.45) is 11.8 Å². The Bertz CT molecular complexity index is 3680. The molecular weight excluding hydrogens is 1570 g/mol. The zero-order valence-electron chi connectivity index (χ0n) is 66.6. The van der Waals surface area contributed by atoms with Crippen LogP contribution in [0.25, 0.3) is 50.4 Å². The average Bonchev–Trinajstić information content (AvgIpc) is 1.55. The lowest BCUT2D eigenvalue weighted by Crippen LogP contribution is -2.34. The zero-order chi connectivity index (χ0) is 75.3.